The Bertz CT molecular complexity index is 3580. The molecule has 13 aromatic rings. The van der Waals surface area contributed by atoms with Gasteiger partial charge in [0.25, 0.3) is 0 Å². The van der Waals surface area contributed by atoms with E-state index in [1.807, 2.05) is 0 Å². The molecular formula is C48H27N5. The summed E-state index contributed by atoms with van der Waals surface area (Å²) in [4.78, 5) is 13.7. The zero-order valence-electron chi connectivity index (χ0n) is 28.3. The van der Waals surface area contributed by atoms with Gasteiger partial charge in [-0.3, -0.25) is 8.80 Å². The van der Waals surface area contributed by atoms with E-state index in [0.717, 1.165) is 61.2 Å². The molecule has 0 aliphatic rings. The molecule has 0 fully saturated rings. The predicted molar refractivity (Wildman–Crippen MR) is 221 cm³/mol. The SMILES string of the molecule is c1ccc(N(c2ccccc2)c2cccc3c4cccc5c6nc7c(nc6n(c23)c45)c2cc3ccccc3c3c4ccc5ccccc5c4n7c23)cc1. The Hall–Kier alpha value is -7.24. The largest absolute Gasteiger partial charge is 0.308 e. The van der Waals surface area contributed by atoms with Gasteiger partial charge in [0.1, 0.15) is 11.0 Å². The summed E-state index contributed by atoms with van der Waals surface area (Å²) >= 11 is 0. The second kappa shape index (κ2) is 9.75. The number of aromatic nitrogens is 4. The monoisotopic (exact) mass is 673 g/mol. The minimum Gasteiger partial charge on any atom is -0.308 e. The fraction of sp³-hybridized carbons (Fsp3) is 0. The first kappa shape index (κ1) is 27.5. The topological polar surface area (TPSA) is 37.8 Å². The maximum absolute atomic E-state index is 5.71. The summed E-state index contributed by atoms with van der Waals surface area (Å²) in [5.41, 5.74) is 11.5. The van der Waals surface area contributed by atoms with Crippen molar-refractivity contribution in [1.29, 1.82) is 0 Å². The van der Waals surface area contributed by atoms with E-state index in [0.29, 0.717) is 0 Å². The highest BCUT2D eigenvalue weighted by atomic mass is 15.2. The quantitative estimate of drug-likeness (QED) is 0.187. The Morgan fingerprint density at radius 3 is 1.66 bits per heavy atom. The zero-order valence-corrected chi connectivity index (χ0v) is 28.3. The zero-order chi connectivity index (χ0) is 34.4. The summed E-state index contributed by atoms with van der Waals surface area (Å²) in [7, 11) is 0. The molecule has 0 spiro atoms. The van der Waals surface area contributed by atoms with Crippen molar-refractivity contribution in [2.75, 3.05) is 4.90 Å². The van der Waals surface area contributed by atoms with Gasteiger partial charge >= 0.3 is 0 Å². The highest BCUT2D eigenvalue weighted by Crippen LogP contribution is 2.48. The minimum atomic E-state index is 0.875. The highest BCUT2D eigenvalue weighted by molar-refractivity contribution is 6.34. The van der Waals surface area contributed by atoms with Gasteiger partial charge in [-0.05, 0) is 52.6 Å². The van der Waals surface area contributed by atoms with Crippen LogP contribution in [-0.4, -0.2) is 18.8 Å². The third-order valence-corrected chi connectivity index (χ3v) is 11.5. The van der Waals surface area contributed by atoms with Gasteiger partial charge in [-0.2, -0.15) is 0 Å². The Morgan fingerprint density at radius 2 is 0.906 bits per heavy atom. The third kappa shape index (κ3) is 3.37. The lowest BCUT2D eigenvalue weighted by molar-refractivity contribution is 1.23. The highest BCUT2D eigenvalue weighted by Gasteiger charge is 2.27. The normalized spacial score (nSPS) is 12.5. The van der Waals surface area contributed by atoms with Gasteiger partial charge in [0.05, 0.1) is 27.8 Å². The first-order valence-corrected chi connectivity index (χ1v) is 18.1. The average molecular weight is 674 g/mol. The molecule has 0 saturated heterocycles. The van der Waals surface area contributed by atoms with Crippen LogP contribution in [0.25, 0.3) is 98.3 Å². The van der Waals surface area contributed by atoms with Crippen LogP contribution in [0.15, 0.2) is 164 Å². The lowest BCUT2D eigenvalue weighted by Gasteiger charge is -2.26. The fourth-order valence-electron chi connectivity index (χ4n) is 9.40. The predicted octanol–water partition coefficient (Wildman–Crippen LogP) is 12.6. The van der Waals surface area contributed by atoms with Crippen molar-refractivity contribution in [2.24, 2.45) is 0 Å². The Balaban J connectivity index is 1.24. The Kier molecular flexibility index (Phi) is 5.06. The van der Waals surface area contributed by atoms with Gasteiger partial charge in [0.15, 0.2) is 11.3 Å². The van der Waals surface area contributed by atoms with E-state index >= 15 is 0 Å². The van der Waals surface area contributed by atoms with Gasteiger partial charge in [-0.1, -0.05) is 127 Å². The summed E-state index contributed by atoms with van der Waals surface area (Å²) in [5.74, 6) is 0. The molecule has 5 heteroatoms. The van der Waals surface area contributed by atoms with Crippen LogP contribution < -0.4 is 4.90 Å². The van der Waals surface area contributed by atoms with Crippen LogP contribution in [0.4, 0.5) is 17.1 Å². The van der Waals surface area contributed by atoms with Crippen LogP contribution in [-0.2, 0) is 0 Å². The summed E-state index contributed by atoms with van der Waals surface area (Å²) < 4.78 is 4.79. The number of benzene rings is 8. The molecule has 0 unspecified atom stereocenters. The molecule has 8 aromatic carbocycles. The van der Waals surface area contributed by atoms with E-state index in [4.69, 9.17) is 9.97 Å². The second-order valence-electron chi connectivity index (χ2n) is 14.2. The summed E-state index contributed by atoms with van der Waals surface area (Å²) in [5, 5.41) is 12.0. The molecule has 5 aromatic heterocycles. The average Bonchev–Trinajstić information content (AvgIpc) is 3.94. The smallest absolute Gasteiger partial charge is 0.165 e. The van der Waals surface area contributed by atoms with Crippen LogP contribution in [0.3, 0.4) is 0 Å². The van der Waals surface area contributed by atoms with Crippen molar-refractivity contribution in [1.82, 2.24) is 18.8 Å². The van der Waals surface area contributed by atoms with Crippen LogP contribution in [0.5, 0.6) is 0 Å². The molecule has 0 aliphatic heterocycles. The first-order chi connectivity index (χ1) is 26.3. The van der Waals surface area contributed by atoms with E-state index in [-0.39, 0.29) is 0 Å². The standard InChI is InChI=1S/C48H27N5/c1-3-15-30(16-4-1)51(31-17-5-2-6-18-31)39-24-12-22-35-34-21-11-23-37-41-47(52(44(34)37)45(35)39)50-42-38-27-29-14-8-9-19-32(29)40-36-26-25-28-13-7-10-20-33(28)43(36)53(46(38)40)48(42)49-41/h1-27H. The number of hydrogen-bond acceptors (Lipinski definition) is 3. The molecule has 5 nitrogen and oxygen atoms in total. The molecule has 0 atom stereocenters. The number of rotatable bonds is 3. The van der Waals surface area contributed by atoms with Gasteiger partial charge < -0.3 is 4.90 Å². The van der Waals surface area contributed by atoms with Crippen molar-refractivity contribution < 1.29 is 0 Å². The second-order valence-corrected chi connectivity index (χ2v) is 14.2. The number of nitrogens with zero attached hydrogens (tertiary/aromatic N) is 5. The van der Waals surface area contributed by atoms with Crippen LogP contribution in [0, 0.1) is 0 Å². The number of anilines is 3. The number of hydrogen-bond donors (Lipinski definition) is 0. The van der Waals surface area contributed by atoms with E-state index < -0.39 is 0 Å². The van der Waals surface area contributed by atoms with Crippen molar-refractivity contribution in [3.05, 3.63) is 164 Å². The van der Waals surface area contributed by atoms with Gasteiger partial charge in [0.2, 0.25) is 0 Å². The van der Waals surface area contributed by atoms with E-state index in [1.165, 1.54) is 54.1 Å². The van der Waals surface area contributed by atoms with E-state index in [2.05, 4.69) is 177 Å². The Morgan fingerprint density at radius 1 is 0.358 bits per heavy atom. The molecule has 53 heavy (non-hydrogen) atoms. The third-order valence-electron chi connectivity index (χ3n) is 11.5. The van der Waals surface area contributed by atoms with Gasteiger partial charge in [0, 0.05) is 49.1 Å². The molecule has 5 heterocycles. The van der Waals surface area contributed by atoms with E-state index in [1.54, 1.807) is 0 Å². The summed E-state index contributed by atoms with van der Waals surface area (Å²) in [6, 6.07) is 58.9. The van der Waals surface area contributed by atoms with Crippen molar-refractivity contribution in [3.8, 4) is 0 Å². The molecule has 0 N–H and O–H groups in total. The van der Waals surface area contributed by atoms with Crippen LogP contribution >= 0.6 is 0 Å². The fourth-order valence-corrected chi connectivity index (χ4v) is 9.40. The van der Waals surface area contributed by atoms with Crippen molar-refractivity contribution >= 4 is 115 Å². The minimum absolute atomic E-state index is 0.875. The van der Waals surface area contributed by atoms with Crippen LogP contribution in [0.1, 0.15) is 0 Å². The molecule has 13 rings (SSSR count). The van der Waals surface area contributed by atoms with E-state index in [9.17, 15) is 0 Å². The molecular weight excluding hydrogens is 647 g/mol. The lowest BCUT2D eigenvalue weighted by Crippen LogP contribution is -2.10. The van der Waals surface area contributed by atoms with Gasteiger partial charge in [-0.15, -0.1) is 0 Å². The number of fused-ring (bicyclic) bond motifs is 16. The molecule has 244 valence electrons. The maximum atomic E-state index is 5.71. The van der Waals surface area contributed by atoms with Crippen molar-refractivity contribution in [2.45, 2.75) is 0 Å². The molecule has 0 saturated carbocycles. The maximum Gasteiger partial charge on any atom is 0.165 e. The Labute approximate surface area is 301 Å². The molecule has 0 aliphatic carbocycles. The molecule has 0 bridgehead atoms. The summed E-state index contributed by atoms with van der Waals surface area (Å²) in [6.07, 6.45) is 0. The summed E-state index contributed by atoms with van der Waals surface area (Å²) in [6.45, 7) is 0. The van der Waals surface area contributed by atoms with Crippen LogP contribution in [0.2, 0.25) is 0 Å². The first-order valence-electron chi connectivity index (χ1n) is 18.1. The number of para-hydroxylation sites is 4. The molecule has 0 amide bonds. The lowest BCUT2D eigenvalue weighted by atomic mass is 10.00. The van der Waals surface area contributed by atoms with Gasteiger partial charge in [-0.25, -0.2) is 9.97 Å². The van der Waals surface area contributed by atoms with Crippen molar-refractivity contribution in [3.63, 3.8) is 0 Å². The molecule has 0 radical (unpaired) electrons.